The molecule has 1 amide bonds. The van der Waals surface area contributed by atoms with E-state index < -0.39 is 9.84 Å². The van der Waals surface area contributed by atoms with E-state index in [-0.39, 0.29) is 29.1 Å². The second-order valence-corrected chi connectivity index (χ2v) is 10.2. The summed E-state index contributed by atoms with van der Waals surface area (Å²) < 4.78 is 29.3. The number of carbonyl (C=O) groups is 1. The maximum absolute atomic E-state index is 13.2. The zero-order valence-corrected chi connectivity index (χ0v) is 17.0. The minimum Gasteiger partial charge on any atom is -0.355 e. The molecule has 1 atom stereocenters. The van der Waals surface area contributed by atoms with Crippen LogP contribution in [-0.2, 0) is 16.4 Å². The number of hydrogen-bond acceptors (Lipinski definition) is 6. The van der Waals surface area contributed by atoms with E-state index in [1.54, 1.807) is 11.0 Å². The molecule has 0 bridgehead atoms. The third-order valence-corrected chi connectivity index (χ3v) is 7.51. The lowest BCUT2D eigenvalue weighted by Gasteiger charge is -2.27. The third-order valence-electron chi connectivity index (χ3n) is 4.88. The van der Waals surface area contributed by atoms with Crippen LogP contribution in [0.3, 0.4) is 0 Å². The number of sulfone groups is 1. The van der Waals surface area contributed by atoms with E-state index in [0.717, 1.165) is 16.0 Å². The van der Waals surface area contributed by atoms with Gasteiger partial charge in [0.05, 0.1) is 16.4 Å². The molecule has 146 valence electrons. The van der Waals surface area contributed by atoms with Crippen molar-refractivity contribution < 1.29 is 17.7 Å². The summed E-state index contributed by atoms with van der Waals surface area (Å²) in [6.45, 7) is 2.33. The summed E-state index contributed by atoms with van der Waals surface area (Å²) in [5.41, 5.74) is 2.27. The van der Waals surface area contributed by atoms with Crippen LogP contribution in [0.4, 0.5) is 0 Å². The highest BCUT2D eigenvalue weighted by Crippen LogP contribution is 2.27. The fourth-order valence-corrected chi connectivity index (χ4v) is 5.74. The number of benzene rings is 1. The average molecular weight is 417 g/mol. The summed E-state index contributed by atoms with van der Waals surface area (Å²) in [6, 6.07) is 12.9. The largest absolute Gasteiger partial charge is 0.355 e. The van der Waals surface area contributed by atoms with Crippen LogP contribution >= 0.6 is 11.3 Å². The lowest BCUT2D eigenvalue weighted by Crippen LogP contribution is -2.40. The SMILES string of the molecule is Cc1ccc(CN(C(=O)c2cc(-c3cccs3)on2)[C@H]2CCS(=O)(=O)C2)cc1. The molecule has 3 aromatic rings. The van der Waals surface area contributed by atoms with E-state index in [1.165, 1.54) is 11.3 Å². The highest BCUT2D eigenvalue weighted by molar-refractivity contribution is 7.91. The van der Waals surface area contributed by atoms with Gasteiger partial charge in [-0.05, 0) is 30.4 Å². The first-order chi connectivity index (χ1) is 13.4. The Morgan fingerprint density at radius 1 is 1.29 bits per heavy atom. The Kier molecular flexibility index (Phi) is 5.07. The lowest BCUT2D eigenvalue weighted by molar-refractivity contribution is 0.0670. The predicted octanol–water partition coefficient (Wildman–Crippen LogP) is 3.54. The molecule has 0 spiro atoms. The molecule has 8 heteroatoms. The van der Waals surface area contributed by atoms with E-state index in [1.807, 2.05) is 48.7 Å². The second kappa shape index (κ2) is 7.52. The van der Waals surface area contributed by atoms with Crippen molar-refractivity contribution in [3.8, 4) is 10.6 Å². The number of carbonyl (C=O) groups excluding carboxylic acids is 1. The van der Waals surface area contributed by atoms with Gasteiger partial charge in [-0.25, -0.2) is 8.42 Å². The summed E-state index contributed by atoms with van der Waals surface area (Å²) in [7, 11) is -3.12. The van der Waals surface area contributed by atoms with Gasteiger partial charge < -0.3 is 9.42 Å². The van der Waals surface area contributed by atoms with Crippen LogP contribution in [0.2, 0.25) is 0 Å². The molecule has 1 aliphatic rings. The van der Waals surface area contributed by atoms with Crippen molar-refractivity contribution in [2.75, 3.05) is 11.5 Å². The fraction of sp³-hybridized carbons (Fsp3) is 0.300. The molecule has 1 saturated heterocycles. The van der Waals surface area contributed by atoms with Gasteiger partial charge in [0.15, 0.2) is 21.3 Å². The quantitative estimate of drug-likeness (QED) is 0.635. The number of nitrogens with zero attached hydrogens (tertiary/aromatic N) is 2. The number of aryl methyl sites for hydroxylation is 1. The molecule has 4 rings (SSSR count). The van der Waals surface area contributed by atoms with Crippen LogP contribution in [-0.4, -0.2) is 41.9 Å². The molecule has 1 aliphatic heterocycles. The molecule has 0 unspecified atom stereocenters. The molecule has 1 fully saturated rings. The molecule has 6 nitrogen and oxygen atoms in total. The minimum absolute atomic E-state index is 0.0137. The number of hydrogen-bond donors (Lipinski definition) is 0. The zero-order chi connectivity index (χ0) is 19.7. The van der Waals surface area contributed by atoms with Crippen LogP contribution < -0.4 is 0 Å². The van der Waals surface area contributed by atoms with Crippen LogP contribution in [0.1, 0.15) is 28.0 Å². The number of amides is 1. The first-order valence-electron chi connectivity index (χ1n) is 8.99. The van der Waals surface area contributed by atoms with Crippen molar-refractivity contribution in [3.63, 3.8) is 0 Å². The summed E-state index contributed by atoms with van der Waals surface area (Å²) in [5.74, 6) is 0.316. The molecule has 1 aromatic carbocycles. The smallest absolute Gasteiger partial charge is 0.276 e. The Morgan fingerprint density at radius 3 is 2.71 bits per heavy atom. The molecule has 3 heterocycles. The molecular weight excluding hydrogens is 396 g/mol. The molecule has 0 saturated carbocycles. The monoisotopic (exact) mass is 416 g/mol. The van der Waals surface area contributed by atoms with Gasteiger partial charge in [0.25, 0.3) is 5.91 Å². The van der Waals surface area contributed by atoms with E-state index in [4.69, 9.17) is 4.52 Å². The Morgan fingerprint density at radius 2 is 2.07 bits per heavy atom. The maximum Gasteiger partial charge on any atom is 0.276 e. The van der Waals surface area contributed by atoms with Gasteiger partial charge in [0.2, 0.25) is 0 Å². The lowest BCUT2D eigenvalue weighted by atomic mass is 10.1. The second-order valence-electron chi connectivity index (χ2n) is 7.03. The predicted molar refractivity (Wildman–Crippen MR) is 108 cm³/mol. The van der Waals surface area contributed by atoms with Crippen LogP contribution in [0.15, 0.2) is 52.4 Å². The van der Waals surface area contributed by atoms with Gasteiger partial charge in [-0.2, -0.15) is 0 Å². The molecule has 0 radical (unpaired) electrons. The van der Waals surface area contributed by atoms with E-state index in [0.29, 0.717) is 18.7 Å². The van der Waals surface area contributed by atoms with Crippen molar-refractivity contribution in [1.29, 1.82) is 0 Å². The highest BCUT2D eigenvalue weighted by atomic mass is 32.2. The van der Waals surface area contributed by atoms with Gasteiger partial charge >= 0.3 is 0 Å². The van der Waals surface area contributed by atoms with Crippen molar-refractivity contribution in [2.24, 2.45) is 0 Å². The van der Waals surface area contributed by atoms with Crippen molar-refractivity contribution in [1.82, 2.24) is 10.1 Å². The standard InChI is InChI=1S/C20H20N2O4S2/c1-14-4-6-15(7-5-14)12-22(16-8-10-28(24,25)13-16)20(23)17-11-18(26-21-17)19-3-2-9-27-19/h2-7,9,11,16H,8,10,12-13H2,1H3/t16-/m0/s1. The number of aromatic nitrogens is 1. The van der Waals surface area contributed by atoms with E-state index in [9.17, 15) is 13.2 Å². The first kappa shape index (κ1) is 18.9. The number of rotatable bonds is 5. The Bertz CT molecular complexity index is 1070. The average Bonchev–Trinajstić information content (AvgIpc) is 3.41. The third kappa shape index (κ3) is 4.02. The maximum atomic E-state index is 13.2. The Balaban J connectivity index is 1.62. The Hall–Kier alpha value is -2.45. The van der Waals surface area contributed by atoms with Gasteiger partial charge in [0.1, 0.15) is 0 Å². The van der Waals surface area contributed by atoms with E-state index in [2.05, 4.69) is 5.16 Å². The summed E-state index contributed by atoms with van der Waals surface area (Å²) in [4.78, 5) is 15.7. The summed E-state index contributed by atoms with van der Waals surface area (Å²) in [6.07, 6.45) is 0.440. The first-order valence-corrected chi connectivity index (χ1v) is 11.7. The van der Waals surface area contributed by atoms with Crippen LogP contribution in [0, 0.1) is 6.92 Å². The summed E-state index contributed by atoms with van der Waals surface area (Å²) >= 11 is 1.50. The van der Waals surface area contributed by atoms with Gasteiger partial charge in [0, 0.05) is 18.7 Å². The molecule has 0 N–H and O–H groups in total. The molecule has 0 aliphatic carbocycles. The van der Waals surface area contributed by atoms with Gasteiger partial charge in [-0.3, -0.25) is 4.79 Å². The van der Waals surface area contributed by atoms with Crippen molar-refractivity contribution in [3.05, 3.63) is 64.7 Å². The Labute approximate surface area is 167 Å². The fourth-order valence-electron chi connectivity index (χ4n) is 3.34. The molecule has 2 aromatic heterocycles. The van der Waals surface area contributed by atoms with Crippen LogP contribution in [0.25, 0.3) is 10.6 Å². The zero-order valence-electron chi connectivity index (χ0n) is 15.4. The van der Waals surface area contributed by atoms with Crippen LogP contribution in [0.5, 0.6) is 0 Å². The molecular formula is C20H20N2O4S2. The highest BCUT2D eigenvalue weighted by Gasteiger charge is 2.36. The van der Waals surface area contributed by atoms with Crippen molar-refractivity contribution >= 4 is 27.1 Å². The number of thiophene rings is 1. The van der Waals surface area contributed by atoms with Gasteiger partial charge in [-0.15, -0.1) is 11.3 Å². The topological polar surface area (TPSA) is 80.5 Å². The summed E-state index contributed by atoms with van der Waals surface area (Å²) in [5, 5.41) is 5.87. The van der Waals surface area contributed by atoms with Gasteiger partial charge in [-0.1, -0.05) is 41.1 Å². The molecule has 28 heavy (non-hydrogen) atoms. The van der Waals surface area contributed by atoms with Crippen molar-refractivity contribution in [2.45, 2.75) is 25.9 Å². The van der Waals surface area contributed by atoms with E-state index >= 15 is 0 Å². The minimum atomic E-state index is -3.12. The normalized spacial score (nSPS) is 18.2.